The van der Waals surface area contributed by atoms with Crippen molar-refractivity contribution in [3.05, 3.63) is 193 Å². The summed E-state index contributed by atoms with van der Waals surface area (Å²) in [5.74, 6) is 15.7. The lowest BCUT2D eigenvalue weighted by Crippen LogP contribution is -2.47. The van der Waals surface area contributed by atoms with Crippen LogP contribution in [0, 0.1) is 0 Å². The molecule has 43 nitrogen and oxygen atoms in total. The molecule has 8 aliphatic heterocycles. The van der Waals surface area contributed by atoms with E-state index in [4.69, 9.17) is 57.6 Å². The molecule has 147 heavy (non-hydrogen) atoms. The van der Waals surface area contributed by atoms with Gasteiger partial charge in [-0.2, -0.15) is 0 Å². The van der Waals surface area contributed by atoms with Crippen LogP contribution in [0.15, 0.2) is 240 Å². The summed E-state index contributed by atoms with van der Waals surface area (Å²) < 4.78 is 15.9. The first kappa shape index (κ1) is 116. The molecule has 0 amide bonds. The molecule has 43 heteroatoms. The summed E-state index contributed by atoms with van der Waals surface area (Å²) in [4.78, 5) is 103. The number of amidine groups is 10. The predicted molar refractivity (Wildman–Crippen MR) is 605 cm³/mol. The first-order valence-electron chi connectivity index (χ1n) is 51.2. The van der Waals surface area contributed by atoms with Crippen LogP contribution in [-0.2, 0) is 51.4 Å². The third-order valence-corrected chi connectivity index (χ3v) is 24.3. The van der Waals surface area contributed by atoms with Gasteiger partial charge in [0.25, 0.3) is 0 Å². The van der Waals surface area contributed by atoms with Crippen LogP contribution in [0.1, 0.15) is 147 Å². The predicted octanol–water partition coefficient (Wildman–Crippen LogP) is 7.39. The molecule has 0 fully saturated rings. The Morgan fingerprint density at radius 1 is 0.306 bits per heavy atom. The largest absolute Gasteiger partial charge is 0.469 e. The van der Waals surface area contributed by atoms with Gasteiger partial charge >= 0.3 is 0 Å². The van der Waals surface area contributed by atoms with Gasteiger partial charge in [-0.25, -0.2) is 9.98 Å². The van der Waals surface area contributed by atoms with Crippen molar-refractivity contribution in [3.63, 3.8) is 0 Å². The Bertz CT molecular complexity index is 5320. The number of H-pyrrole nitrogens is 5. The Morgan fingerprint density at radius 2 is 0.680 bits per heavy atom. The molecule has 10 atom stereocenters. The molecular weight excluding hydrogens is 1860 g/mol. The zero-order valence-corrected chi connectivity index (χ0v) is 90.2. The first-order valence-corrected chi connectivity index (χ1v) is 51.2. The first-order chi connectivity index (χ1) is 70.6. The van der Waals surface area contributed by atoms with E-state index in [1.165, 1.54) is 28.5 Å². The van der Waals surface area contributed by atoms with E-state index in [0.29, 0.717) is 106 Å². The normalized spacial score (nSPS) is 21.5. The summed E-state index contributed by atoms with van der Waals surface area (Å²) in [7, 11) is 18.3. The number of likely N-dealkylation sites (N-methyl/N-ethyl adjacent to an activating group) is 5. The van der Waals surface area contributed by atoms with E-state index < -0.39 is 0 Å². The van der Waals surface area contributed by atoms with Crippen molar-refractivity contribution in [3.8, 4) is 0 Å². The Labute approximate surface area is 869 Å². The number of aliphatic imine (C=N–C) groups is 16. The van der Waals surface area contributed by atoms with Crippen LogP contribution in [0.25, 0.3) is 0 Å². The minimum Gasteiger partial charge on any atom is -0.469 e. The summed E-state index contributed by atoms with van der Waals surface area (Å²) in [5, 5.41) is 19.2. The standard InChI is InChI=1S/C15H25N5.C14H23N5O.C14H23N5.2C13H21N5.C12H19N5O.C12H19N5.C11H17N5O/c1-12-11-17-14(19(2)3)10-15(18-12)20(4)9-7-13-6-5-8-16-13;1-11-10-15-13(18(2)3)17-14(16-11)19(4)8-7-12-6-5-9-20-12;1-10-11(2)18-14(9-13(15)17-10)19(3)8-6-12-5-4-7-16-12;1-10-9-16-12(14)8-13(17-10)18(2)7-5-11-4-3-6-15-11;1-9-10(2)18-13(8-12(14)17-9)16-7-5-11-4-3-6-15-11;1-9-8-14-11(13)16-12(15-9)17(2)6-5-10-4-3-7-18-10;1-9-8-16-11(13)7-12(17-9)15-6-4-10-3-2-5-14-10;1-8-7-14-10(12)16-11(15-8)13-5-4-9-3-2-6-17-9/h5-6,8,12,16H,7,9-11H2,1-4H3;5-6,9,11H,7-8,10H2,1-4H3,(H,15,16,17);4-5,7,10-11,16H,6,8-9H2,1-3H3,(H2,15,17);3-4,6,10,15H,5,7-9H2,1-2H3,(H2,14,16);3-4,6,9-10,15H,5,7-8H2,1-2H3,(H2,14,17)(H,16,18);3-4,7,9H,5-6,8H2,1-2H3,(H3,13,14,15,16);2-3,5,9,14H,4,6-8H2,1H3,(H2,13,16)(H,15,17);2-3,6,8H,4-5,7H2,1H3,(H4,12,13,14,15,16). The highest BCUT2D eigenvalue weighted by Crippen LogP contribution is 2.17. The third-order valence-electron chi connectivity index (χ3n) is 24.3. The topological polar surface area (TPSA) is 567 Å². The van der Waals surface area contributed by atoms with Gasteiger partial charge in [0.15, 0.2) is 23.8 Å². The molecule has 8 aromatic rings. The maximum Gasteiger partial charge on any atom is 0.200 e. The van der Waals surface area contributed by atoms with Gasteiger partial charge in [0, 0.05) is 245 Å². The smallest absolute Gasteiger partial charge is 0.200 e. The van der Waals surface area contributed by atoms with Crippen LogP contribution in [0.3, 0.4) is 0 Å². The number of nitrogens with two attached hydrogens (primary N) is 6. The van der Waals surface area contributed by atoms with E-state index in [9.17, 15) is 0 Å². The fourth-order valence-electron chi connectivity index (χ4n) is 15.3. The lowest BCUT2D eigenvalue weighted by molar-refractivity contribution is 0.442. The maximum atomic E-state index is 5.94. The number of nitrogens with one attached hydrogen (secondary N) is 11. The maximum absolute atomic E-state index is 5.94. The fraction of sp³-hybridized carbons (Fsp3) is 0.538. The number of guanidine groups is 6. The van der Waals surface area contributed by atoms with Gasteiger partial charge in [-0.1, -0.05) is 0 Å². The second kappa shape index (κ2) is 62.1. The Balaban J connectivity index is 0.000000187. The van der Waals surface area contributed by atoms with Crippen molar-refractivity contribution < 1.29 is 13.3 Å². The fourth-order valence-corrected chi connectivity index (χ4v) is 15.3. The molecular formula is C104H168N40O3. The van der Waals surface area contributed by atoms with E-state index in [2.05, 4.69) is 258 Å². The minimum absolute atomic E-state index is 0.139. The molecule has 0 aromatic carbocycles. The van der Waals surface area contributed by atoms with Crippen molar-refractivity contribution in [2.45, 2.75) is 213 Å². The highest BCUT2D eigenvalue weighted by Gasteiger charge is 2.25. The van der Waals surface area contributed by atoms with E-state index in [1.807, 2.05) is 164 Å². The van der Waals surface area contributed by atoms with Gasteiger partial charge in [0.2, 0.25) is 11.9 Å². The van der Waals surface area contributed by atoms with E-state index in [-0.39, 0.29) is 54.4 Å². The molecule has 0 radical (unpaired) electrons. The van der Waals surface area contributed by atoms with Gasteiger partial charge in [0.1, 0.15) is 75.6 Å². The molecule has 23 N–H and O–H groups in total. The third kappa shape index (κ3) is 44.3. The number of hydrogen-bond donors (Lipinski definition) is 17. The second-order valence-electron chi connectivity index (χ2n) is 38.2. The lowest BCUT2D eigenvalue weighted by atomic mass is 10.2. The SMILES string of the molecule is CC1CN=C(N(C)C)CC(N(C)CCc2ccc[nH]2)=N1.CC1CN=C(N(C)C)NC(N(C)CCc2ccco2)=N1.CC1CN=C(N)CC(=NCCc2ccc[nH]2)N1.CC1CN=C(N)CC(N(C)CCc2ccc[nH]2)=N1.CC1CN=C(N)NC(=NCCc2ccco2)N1.CC1CN=C(N)NC(N(C)CCc2ccco2)=N1.CC1N=C(N)CC(=NCCc2ccc[nH]2)NC1C.CC1N=C(N)CC(N(C)CCc2ccc[nH]2)=NC1C. The molecule has 0 saturated heterocycles. The average Bonchev–Trinajstić information content (AvgIpc) is 1.75. The quantitative estimate of drug-likeness (QED) is 0.0280. The van der Waals surface area contributed by atoms with E-state index >= 15 is 0 Å². The Hall–Kier alpha value is -14.8. The van der Waals surface area contributed by atoms with Gasteiger partial charge in [-0.15, -0.1) is 0 Å². The lowest BCUT2D eigenvalue weighted by Gasteiger charge is -2.24. The van der Waals surface area contributed by atoms with Crippen molar-refractivity contribution in [1.82, 2.24) is 91.1 Å². The zero-order chi connectivity index (χ0) is 106. The summed E-state index contributed by atoms with van der Waals surface area (Å²) in [6.45, 7) is 31.5. The van der Waals surface area contributed by atoms with E-state index in [0.717, 1.165) is 187 Å². The number of rotatable bonds is 24. The van der Waals surface area contributed by atoms with Crippen LogP contribution in [0.2, 0.25) is 0 Å². The van der Waals surface area contributed by atoms with Crippen LogP contribution in [0.5, 0.6) is 0 Å². The number of furan rings is 3. The summed E-state index contributed by atoms with van der Waals surface area (Å²) in [5.41, 5.74) is 41.0. The van der Waals surface area contributed by atoms with Crippen molar-refractivity contribution in [2.24, 2.45) is 114 Å². The monoisotopic (exact) mass is 2030 g/mol. The van der Waals surface area contributed by atoms with Gasteiger partial charge < -0.3 is 123 Å². The molecule has 802 valence electrons. The molecule has 16 rings (SSSR count). The molecule has 16 heterocycles. The highest BCUT2D eigenvalue weighted by atomic mass is 16.3. The average molecular weight is 2030 g/mol. The molecule has 8 aromatic heterocycles. The summed E-state index contributed by atoms with van der Waals surface area (Å²) >= 11 is 0. The van der Waals surface area contributed by atoms with Crippen LogP contribution in [-0.4, -0.2) is 369 Å². The van der Waals surface area contributed by atoms with E-state index in [1.54, 1.807) is 18.8 Å². The second-order valence-corrected chi connectivity index (χ2v) is 38.2. The molecule has 0 bridgehead atoms. The highest BCUT2D eigenvalue weighted by molar-refractivity contribution is 6.06. The number of aromatic nitrogens is 5. The Morgan fingerprint density at radius 3 is 1.17 bits per heavy atom. The molecule has 8 aliphatic rings. The Kier molecular flexibility index (Phi) is 48.9. The summed E-state index contributed by atoms with van der Waals surface area (Å²) in [6, 6.07) is 34.3. The molecule has 0 spiro atoms. The van der Waals surface area contributed by atoms with Gasteiger partial charge in [-0.3, -0.25) is 85.8 Å². The zero-order valence-electron chi connectivity index (χ0n) is 90.2. The van der Waals surface area contributed by atoms with Crippen molar-refractivity contribution in [2.75, 3.05) is 155 Å². The van der Waals surface area contributed by atoms with Crippen LogP contribution < -0.4 is 66.3 Å². The number of aromatic amines is 5. The summed E-state index contributed by atoms with van der Waals surface area (Å²) in [6.07, 6.45) is 25.4. The minimum atomic E-state index is 0.139. The van der Waals surface area contributed by atoms with Crippen molar-refractivity contribution in [1.29, 1.82) is 0 Å². The number of hydrogen-bond acceptors (Lipinski definition) is 34. The molecule has 0 saturated carbocycles. The van der Waals surface area contributed by atoms with Gasteiger partial charge in [0.05, 0.1) is 132 Å². The number of nitrogens with zero attached hydrogens (tertiary/aromatic N) is 23. The molecule has 10 unspecified atom stereocenters. The van der Waals surface area contributed by atoms with Crippen LogP contribution in [0.4, 0.5) is 0 Å². The van der Waals surface area contributed by atoms with Gasteiger partial charge in [-0.05, 0) is 166 Å². The van der Waals surface area contributed by atoms with Crippen LogP contribution >= 0.6 is 0 Å². The molecule has 0 aliphatic carbocycles. The van der Waals surface area contributed by atoms with Crippen molar-refractivity contribution >= 4 is 94.1 Å².